The van der Waals surface area contributed by atoms with Crippen LogP contribution in [0.4, 0.5) is 34.1 Å². The quantitative estimate of drug-likeness (QED) is 0.142. The molecule has 2 aromatic heterocycles. The van der Waals surface area contributed by atoms with Crippen molar-refractivity contribution in [2.24, 2.45) is 0 Å². The van der Waals surface area contributed by atoms with E-state index in [9.17, 15) is 0 Å². The van der Waals surface area contributed by atoms with E-state index in [1.807, 2.05) is 12.1 Å². The maximum absolute atomic E-state index is 6.79. The number of hydrogen-bond donors (Lipinski definition) is 0. The molecule has 0 aliphatic carbocycles. The van der Waals surface area contributed by atoms with Gasteiger partial charge in [0.25, 0.3) is 0 Å². The topological polar surface area (TPSA) is 32.8 Å². The average molecular weight is 945 g/mol. The molecule has 0 aliphatic heterocycles. The van der Waals surface area contributed by atoms with Crippen LogP contribution in [-0.4, -0.2) is 0 Å². The van der Waals surface area contributed by atoms with Crippen molar-refractivity contribution in [2.45, 2.75) is 0 Å². The van der Waals surface area contributed by atoms with Crippen molar-refractivity contribution in [3.8, 4) is 22.3 Å². The van der Waals surface area contributed by atoms with Gasteiger partial charge in [-0.3, -0.25) is 0 Å². The highest BCUT2D eigenvalue weighted by Crippen LogP contribution is 2.50. The molecule has 2 heterocycles. The lowest BCUT2D eigenvalue weighted by Crippen LogP contribution is -2.11. The highest BCUT2D eigenvalue weighted by atomic mass is 16.3. The Morgan fingerprint density at radius 3 is 1.23 bits per heavy atom. The summed E-state index contributed by atoms with van der Waals surface area (Å²) in [5.74, 6) is 0. The minimum Gasteiger partial charge on any atom is -0.454 e. The molecule has 0 amide bonds. The third kappa shape index (κ3) is 6.55. The molecule has 0 fully saturated rings. The van der Waals surface area contributed by atoms with Crippen LogP contribution in [0, 0.1) is 0 Å². The summed E-state index contributed by atoms with van der Waals surface area (Å²) in [4.78, 5) is 4.77. The second kappa shape index (κ2) is 16.9. The first-order valence-corrected chi connectivity index (χ1v) is 25.2. The molecule has 346 valence electrons. The molecule has 0 N–H and O–H groups in total. The maximum Gasteiger partial charge on any atom is 0.159 e. The molecule has 0 saturated heterocycles. The molecule has 0 radical (unpaired) electrons. The fraction of sp³-hybridized carbons (Fsp3) is 0. The molecular weight excluding hydrogens is 901 g/mol. The summed E-state index contributed by atoms with van der Waals surface area (Å²) in [6.45, 7) is 0. The summed E-state index contributed by atoms with van der Waals surface area (Å²) in [6.07, 6.45) is 0. The fourth-order valence-electron chi connectivity index (χ4n) is 11.7. The largest absolute Gasteiger partial charge is 0.454 e. The van der Waals surface area contributed by atoms with Gasteiger partial charge in [-0.1, -0.05) is 206 Å². The number of nitrogens with zero attached hydrogens (tertiary/aromatic N) is 2. The number of benzene rings is 13. The van der Waals surface area contributed by atoms with E-state index in [4.69, 9.17) is 8.83 Å². The summed E-state index contributed by atoms with van der Waals surface area (Å²) in [6, 6.07) is 95.9. The molecule has 0 saturated carbocycles. The van der Waals surface area contributed by atoms with E-state index in [0.29, 0.717) is 0 Å². The van der Waals surface area contributed by atoms with Crippen LogP contribution in [0.3, 0.4) is 0 Å². The van der Waals surface area contributed by atoms with Gasteiger partial charge < -0.3 is 18.6 Å². The van der Waals surface area contributed by atoms with Crippen molar-refractivity contribution in [2.75, 3.05) is 9.80 Å². The Morgan fingerprint density at radius 2 is 0.649 bits per heavy atom. The lowest BCUT2D eigenvalue weighted by molar-refractivity contribution is 0.668. The van der Waals surface area contributed by atoms with Gasteiger partial charge in [0.1, 0.15) is 11.2 Å². The van der Waals surface area contributed by atoms with Gasteiger partial charge in [0.05, 0.1) is 22.7 Å². The minimum absolute atomic E-state index is 0.849. The number of hydrogen-bond acceptors (Lipinski definition) is 4. The number of anilines is 6. The van der Waals surface area contributed by atoms with Crippen molar-refractivity contribution in [1.82, 2.24) is 0 Å². The first-order chi connectivity index (χ1) is 36.7. The number of fused-ring (bicyclic) bond motifs is 14. The highest BCUT2D eigenvalue weighted by molar-refractivity contribution is 6.32. The van der Waals surface area contributed by atoms with Gasteiger partial charge in [-0.25, -0.2) is 0 Å². The van der Waals surface area contributed by atoms with Gasteiger partial charge in [-0.15, -0.1) is 0 Å². The molecule has 74 heavy (non-hydrogen) atoms. The van der Waals surface area contributed by atoms with Gasteiger partial charge in [0.15, 0.2) is 11.2 Å². The lowest BCUT2D eigenvalue weighted by Gasteiger charge is -2.28. The van der Waals surface area contributed by atoms with Crippen molar-refractivity contribution < 1.29 is 8.83 Å². The van der Waals surface area contributed by atoms with Crippen LogP contribution in [0.2, 0.25) is 0 Å². The minimum atomic E-state index is 0.849. The SMILES string of the molecule is c1ccc(-c2ccccc2N(c2ccc3c(ccc4c5ccc(N(c6ccccc6-c6ccccc6)c6cccc7c6oc6ccccc67)cc5c5ccccc5c34)c2)c2cccc3c2oc2ccccc23)cc1. The Hall–Kier alpha value is -9.90. The molecule has 0 spiro atoms. The number of furan rings is 2. The molecular formula is C70H44N2O2. The molecule has 0 bridgehead atoms. The van der Waals surface area contributed by atoms with Crippen LogP contribution in [0.5, 0.6) is 0 Å². The summed E-state index contributed by atoms with van der Waals surface area (Å²) in [7, 11) is 0. The van der Waals surface area contributed by atoms with Crippen LogP contribution in [0.15, 0.2) is 276 Å². The molecule has 4 nitrogen and oxygen atoms in total. The third-order valence-electron chi connectivity index (χ3n) is 15.0. The van der Waals surface area contributed by atoms with Crippen molar-refractivity contribution >= 4 is 121 Å². The fourth-order valence-corrected chi connectivity index (χ4v) is 11.7. The monoisotopic (exact) mass is 944 g/mol. The Labute approximate surface area is 426 Å². The predicted octanol–water partition coefficient (Wildman–Crippen LogP) is 20.4. The van der Waals surface area contributed by atoms with E-state index in [1.54, 1.807) is 0 Å². The van der Waals surface area contributed by atoms with E-state index in [1.165, 1.54) is 37.7 Å². The second-order valence-electron chi connectivity index (χ2n) is 19.1. The van der Waals surface area contributed by atoms with Crippen molar-refractivity contribution in [3.05, 3.63) is 267 Å². The van der Waals surface area contributed by atoms with Crippen molar-refractivity contribution in [1.29, 1.82) is 0 Å². The maximum atomic E-state index is 6.79. The Balaban J connectivity index is 0.944. The highest BCUT2D eigenvalue weighted by Gasteiger charge is 2.25. The third-order valence-corrected chi connectivity index (χ3v) is 15.0. The Morgan fingerprint density at radius 1 is 0.243 bits per heavy atom. The standard InChI is InChI=1S/C70H44N2O2/c1-3-19-45(20-4-1)50-23-9-13-31-62(50)71(64-33-17-29-59-55-26-11-15-35-66(55)73-69(59)64)48-38-41-52-47(43-48)37-40-58-54-42-39-49(44-61(54)53-25-7-8-28-57(53)68(52)58)72(63-32-14-10-24-51(63)46-21-5-2-6-22-46)65-34-18-30-60-56-27-12-16-36-67(56)74-70(60)65/h1-44H. The van der Waals surface area contributed by atoms with E-state index < -0.39 is 0 Å². The normalized spacial score (nSPS) is 11.8. The molecule has 0 aliphatic rings. The zero-order valence-corrected chi connectivity index (χ0v) is 40.1. The van der Waals surface area contributed by atoms with E-state index in [-0.39, 0.29) is 0 Å². The van der Waals surface area contributed by atoms with Crippen LogP contribution in [-0.2, 0) is 0 Å². The van der Waals surface area contributed by atoms with Gasteiger partial charge in [-0.05, 0) is 115 Å². The summed E-state index contributed by atoms with van der Waals surface area (Å²) >= 11 is 0. The smallest absolute Gasteiger partial charge is 0.159 e. The first-order valence-electron chi connectivity index (χ1n) is 25.2. The summed E-state index contributed by atoms with van der Waals surface area (Å²) in [5.41, 5.74) is 14.2. The zero-order valence-electron chi connectivity index (χ0n) is 40.1. The number of rotatable bonds is 8. The predicted molar refractivity (Wildman–Crippen MR) is 311 cm³/mol. The van der Waals surface area contributed by atoms with Crippen molar-refractivity contribution in [3.63, 3.8) is 0 Å². The molecule has 0 atom stereocenters. The van der Waals surface area contributed by atoms with Crippen LogP contribution < -0.4 is 9.80 Å². The van der Waals surface area contributed by atoms with Gasteiger partial charge in [0.2, 0.25) is 0 Å². The summed E-state index contributed by atoms with van der Waals surface area (Å²) < 4.78 is 13.6. The molecule has 4 heteroatoms. The first kappa shape index (κ1) is 41.8. The lowest BCUT2D eigenvalue weighted by atomic mass is 9.90. The Bertz CT molecular complexity index is 4660. The van der Waals surface area contributed by atoms with Crippen LogP contribution in [0.25, 0.3) is 109 Å². The summed E-state index contributed by atoms with van der Waals surface area (Å²) in [5, 5.41) is 13.9. The zero-order chi connectivity index (χ0) is 48.7. The van der Waals surface area contributed by atoms with Crippen LogP contribution in [0.1, 0.15) is 0 Å². The van der Waals surface area contributed by atoms with E-state index >= 15 is 0 Å². The molecule has 15 rings (SSSR count). The second-order valence-corrected chi connectivity index (χ2v) is 19.1. The van der Waals surface area contributed by atoms with Gasteiger partial charge >= 0.3 is 0 Å². The van der Waals surface area contributed by atoms with Crippen LogP contribution >= 0.6 is 0 Å². The van der Waals surface area contributed by atoms with E-state index in [0.717, 1.165) is 106 Å². The molecule has 0 unspecified atom stereocenters. The molecule has 15 aromatic rings. The molecule has 13 aromatic carbocycles. The average Bonchev–Trinajstić information content (AvgIpc) is 4.07. The van der Waals surface area contributed by atoms with E-state index in [2.05, 4.69) is 265 Å². The number of para-hydroxylation sites is 6. The van der Waals surface area contributed by atoms with Gasteiger partial charge in [0, 0.05) is 44.0 Å². The van der Waals surface area contributed by atoms with Gasteiger partial charge in [-0.2, -0.15) is 0 Å². The Kier molecular flexibility index (Phi) is 9.54.